The molecule has 5 aromatic heterocycles. The van der Waals surface area contributed by atoms with Crippen LogP contribution in [0.25, 0.3) is 40.9 Å². The van der Waals surface area contributed by atoms with E-state index in [0.29, 0.717) is 0 Å². The molecule has 5 heterocycles. The van der Waals surface area contributed by atoms with Crippen molar-refractivity contribution in [1.82, 2.24) is 9.13 Å². The number of nitrogens with zero attached hydrogens (tertiary/aromatic N) is 2. The number of aromatic nitrogens is 2. The molecule has 0 radical (unpaired) electrons. The Morgan fingerprint density at radius 3 is 1.42 bits per heavy atom. The smallest absolute Gasteiger partial charge is 0.0858 e. The van der Waals surface area contributed by atoms with Crippen LogP contribution in [0.2, 0.25) is 0 Å². The summed E-state index contributed by atoms with van der Waals surface area (Å²) in [6, 6.07) is 4.72. The van der Waals surface area contributed by atoms with Gasteiger partial charge in [-0.3, -0.25) is 0 Å². The van der Waals surface area contributed by atoms with Gasteiger partial charge < -0.3 is 9.13 Å². The van der Waals surface area contributed by atoms with Crippen molar-refractivity contribution in [2.24, 2.45) is 0 Å². The first-order valence-electron chi connectivity index (χ1n) is 13.2. The van der Waals surface area contributed by atoms with Crippen LogP contribution >= 0.6 is 34.0 Å². The van der Waals surface area contributed by atoms with E-state index in [1.807, 2.05) is 22.7 Å². The number of fused-ring (bicyclic) bond motifs is 7. The highest BCUT2D eigenvalue weighted by atomic mass is 32.1. The molecule has 5 heteroatoms. The van der Waals surface area contributed by atoms with Gasteiger partial charge in [0.25, 0.3) is 0 Å². The van der Waals surface area contributed by atoms with Crippen LogP contribution in [0.1, 0.15) is 90.9 Å². The van der Waals surface area contributed by atoms with E-state index < -0.39 is 0 Å². The molecule has 0 N–H and O–H groups in total. The Bertz CT molecular complexity index is 1210. The Morgan fingerprint density at radius 2 is 0.970 bits per heavy atom. The zero-order valence-corrected chi connectivity index (χ0v) is 22.8. The summed E-state index contributed by atoms with van der Waals surface area (Å²) in [5.74, 6) is 0. The highest BCUT2D eigenvalue weighted by Gasteiger charge is 2.23. The number of thiophene rings is 3. The zero-order valence-electron chi connectivity index (χ0n) is 20.3. The first kappa shape index (κ1) is 23.4. The number of rotatable bonds is 14. The molecule has 0 saturated carbocycles. The van der Waals surface area contributed by atoms with Crippen LogP contribution in [0.15, 0.2) is 22.9 Å². The van der Waals surface area contributed by atoms with Crippen LogP contribution in [0, 0.1) is 0 Å². The Labute approximate surface area is 210 Å². The summed E-state index contributed by atoms with van der Waals surface area (Å²) in [4.78, 5) is 0. The van der Waals surface area contributed by atoms with Crippen molar-refractivity contribution in [2.75, 3.05) is 0 Å². The van der Waals surface area contributed by atoms with Gasteiger partial charge in [0.05, 0.1) is 40.9 Å². The molecule has 5 rings (SSSR count). The topological polar surface area (TPSA) is 9.86 Å². The van der Waals surface area contributed by atoms with E-state index in [-0.39, 0.29) is 0 Å². The molecular formula is C28H38N2S3. The van der Waals surface area contributed by atoms with Crippen LogP contribution in [-0.4, -0.2) is 9.13 Å². The molecule has 178 valence electrons. The van der Waals surface area contributed by atoms with Crippen LogP contribution < -0.4 is 0 Å². The molecular weight excluding hydrogens is 461 g/mol. The van der Waals surface area contributed by atoms with Crippen molar-refractivity contribution in [2.45, 2.75) is 104 Å². The lowest BCUT2D eigenvalue weighted by atomic mass is 10.1. The van der Waals surface area contributed by atoms with E-state index in [9.17, 15) is 0 Å². The number of aryl methyl sites for hydroxylation is 2. The summed E-state index contributed by atoms with van der Waals surface area (Å²) in [5.41, 5.74) is 5.99. The minimum Gasteiger partial charge on any atom is -0.337 e. The third-order valence-corrected chi connectivity index (χ3v) is 10.5. The van der Waals surface area contributed by atoms with Gasteiger partial charge in [-0.1, -0.05) is 78.1 Å². The number of unbranched alkanes of at least 4 members (excludes halogenated alkanes) is 10. The third kappa shape index (κ3) is 4.53. The second-order valence-electron chi connectivity index (χ2n) is 9.57. The van der Waals surface area contributed by atoms with E-state index in [2.05, 4.69) is 57.2 Å². The van der Waals surface area contributed by atoms with Gasteiger partial charge >= 0.3 is 0 Å². The van der Waals surface area contributed by atoms with E-state index in [0.717, 1.165) is 13.1 Å². The monoisotopic (exact) mass is 498 g/mol. The molecule has 33 heavy (non-hydrogen) atoms. The molecule has 0 saturated heterocycles. The van der Waals surface area contributed by atoms with Crippen molar-refractivity contribution < 1.29 is 0 Å². The maximum Gasteiger partial charge on any atom is 0.0858 e. The Kier molecular flexibility index (Phi) is 7.79. The average molecular weight is 499 g/mol. The van der Waals surface area contributed by atoms with Gasteiger partial charge in [0, 0.05) is 13.1 Å². The zero-order chi connectivity index (χ0) is 22.6. The summed E-state index contributed by atoms with van der Waals surface area (Å²) < 4.78 is 11.4. The lowest BCUT2D eigenvalue weighted by Crippen LogP contribution is -2.01. The number of hydrogen-bond donors (Lipinski definition) is 0. The Balaban J connectivity index is 1.47. The molecule has 0 fully saturated rings. The molecule has 0 unspecified atom stereocenters. The summed E-state index contributed by atoms with van der Waals surface area (Å²) in [6.45, 7) is 6.92. The van der Waals surface area contributed by atoms with Crippen molar-refractivity contribution in [3.05, 3.63) is 22.9 Å². The van der Waals surface area contributed by atoms with E-state index in [4.69, 9.17) is 0 Å². The van der Waals surface area contributed by atoms with Gasteiger partial charge in [-0.25, -0.2) is 0 Å². The highest BCUT2D eigenvalue weighted by molar-refractivity contribution is 7.33. The quantitative estimate of drug-likeness (QED) is 0.135. The molecule has 0 amide bonds. The Morgan fingerprint density at radius 1 is 0.545 bits per heavy atom. The largest absolute Gasteiger partial charge is 0.337 e. The van der Waals surface area contributed by atoms with E-state index >= 15 is 0 Å². The molecule has 0 aliphatic carbocycles. The summed E-state index contributed by atoms with van der Waals surface area (Å²) in [5, 5.41) is 4.58. The van der Waals surface area contributed by atoms with Crippen molar-refractivity contribution in [1.29, 1.82) is 0 Å². The van der Waals surface area contributed by atoms with Gasteiger partial charge in [0.15, 0.2) is 0 Å². The van der Waals surface area contributed by atoms with Crippen molar-refractivity contribution in [3.8, 4) is 0 Å². The third-order valence-electron chi connectivity index (χ3n) is 7.15. The molecule has 0 atom stereocenters. The van der Waals surface area contributed by atoms with Gasteiger partial charge in [-0.2, -0.15) is 0 Å². The lowest BCUT2D eigenvalue weighted by molar-refractivity contribution is 0.567. The lowest BCUT2D eigenvalue weighted by Gasteiger charge is -2.10. The second kappa shape index (κ2) is 11.0. The maximum atomic E-state index is 2.68. The Hall–Kier alpha value is -1.30. The molecule has 0 spiro atoms. The molecule has 2 nitrogen and oxygen atoms in total. The predicted octanol–water partition coefficient (Wildman–Crippen LogP) is 10.8. The maximum absolute atomic E-state index is 2.68. The molecule has 5 aromatic rings. The van der Waals surface area contributed by atoms with Crippen molar-refractivity contribution in [3.63, 3.8) is 0 Å². The van der Waals surface area contributed by atoms with Crippen LogP contribution in [0.3, 0.4) is 0 Å². The highest BCUT2D eigenvalue weighted by Crippen LogP contribution is 2.47. The van der Waals surface area contributed by atoms with Crippen LogP contribution in [0.4, 0.5) is 0 Å². The molecule has 0 bridgehead atoms. The normalized spacial score (nSPS) is 12.4. The molecule has 0 aliphatic rings. The first-order valence-corrected chi connectivity index (χ1v) is 15.8. The first-order chi connectivity index (χ1) is 16.3. The van der Waals surface area contributed by atoms with Gasteiger partial charge in [0.1, 0.15) is 0 Å². The van der Waals surface area contributed by atoms with E-state index in [1.165, 1.54) is 118 Å². The van der Waals surface area contributed by atoms with E-state index in [1.54, 1.807) is 0 Å². The van der Waals surface area contributed by atoms with Crippen LogP contribution in [-0.2, 0) is 13.1 Å². The second-order valence-corrected chi connectivity index (χ2v) is 12.4. The summed E-state index contributed by atoms with van der Waals surface area (Å²) in [7, 11) is 0. The van der Waals surface area contributed by atoms with Crippen LogP contribution in [0.5, 0.6) is 0 Å². The van der Waals surface area contributed by atoms with Gasteiger partial charge in [0.2, 0.25) is 0 Å². The minimum absolute atomic E-state index is 1.16. The minimum atomic E-state index is 1.16. The molecule has 0 aromatic carbocycles. The fraction of sp³-hybridized carbons (Fsp3) is 0.571. The fourth-order valence-corrected chi connectivity index (χ4v) is 8.81. The average Bonchev–Trinajstić information content (AvgIpc) is 3.60. The summed E-state index contributed by atoms with van der Waals surface area (Å²) in [6.07, 6.45) is 16.3. The van der Waals surface area contributed by atoms with Gasteiger partial charge in [-0.15, -0.1) is 34.0 Å². The predicted molar refractivity (Wildman–Crippen MR) is 153 cm³/mol. The van der Waals surface area contributed by atoms with Gasteiger partial charge in [-0.05, 0) is 35.7 Å². The molecule has 0 aliphatic heterocycles. The summed E-state index contributed by atoms with van der Waals surface area (Å²) >= 11 is 5.92. The standard InChI is InChI=1S/C28H38N2S3/c1-3-5-7-9-11-13-17-29-21-15-19-31-25(21)27-23(29)24-28(33-27)26-22(16-20-32-26)30(24)18-14-12-10-8-6-4-2/h15-16,19-20H,3-14,17-18H2,1-2H3. The van der Waals surface area contributed by atoms with Crippen molar-refractivity contribution >= 4 is 74.9 Å². The SMILES string of the molecule is CCCCCCCCn1c2ccsc2c2sc3c4sccc4n(CCCCCCCC)c3c21. The fourth-order valence-electron chi connectivity index (χ4n) is 5.40. The number of hydrogen-bond acceptors (Lipinski definition) is 3.